The number of H-pyrrole nitrogens is 1. The number of fused-ring (bicyclic) bond motifs is 1. The third kappa shape index (κ3) is 3.01. The van der Waals surface area contributed by atoms with Gasteiger partial charge in [-0.25, -0.2) is 0 Å². The number of amides is 1. The molecule has 1 aliphatic heterocycles. The highest BCUT2D eigenvalue weighted by Gasteiger charge is 2.30. The van der Waals surface area contributed by atoms with Gasteiger partial charge in [0, 0.05) is 29.7 Å². The van der Waals surface area contributed by atoms with Crippen molar-refractivity contribution in [1.82, 2.24) is 9.88 Å². The van der Waals surface area contributed by atoms with E-state index < -0.39 is 6.10 Å². The smallest absolute Gasteiger partial charge is 0.256 e. The van der Waals surface area contributed by atoms with Gasteiger partial charge in [0.25, 0.3) is 5.91 Å². The van der Waals surface area contributed by atoms with Gasteiger partial charge in [0.2, 0.25) is 0 Å². The summed E-state index contributed by atoms with van der Waals surface area (Å²) in [4.78, 5) is 18.3. The number of nitrogens with one attached hydrogen (secondary N) is 1. The number of hydrogen-bond acceptors (Lipinski definition) is 2. The molecule has 1 unspecified atom stereocenters. The van der Waals surface area contributed by atoms with E-state index in [9.17, 15) is 9.90 Å². The van der Waals surface area contributed by atoms with Crippen LogP contribution in [0, 0.1) is 12.8 Å². The predicted octanol–water partition coefficient (Wildman–Crippen LogP) is 4.06. The van der Waals surface area contributed by atoms with Gasteiger partial charge in [0.05, 0.1) is 11.7 Å². The molecule has 0 aliphatic carbocycles. The van der Waals surface area contributed by atoms with Gasteiger partial charge < -0.3 is 15.0 Å². The molecule has 1 atom stereocenters. The van der Waals surface area contributed by atoms with E-state index in [1.54, 1.807) is 0 Å². The number of nitrogens with zero attached hydrogens (tertiary/aromatic N) is 1. The lowest BCUT2D eigenvalue weighted by atomic mass is 9.87. The number of carbonyl (C=O) groups is 1. The maximum Gasteiger partial charge on any atom is 0.256 e. The molecule has 26 heavy (non-hydrogen) atoms. The molecule has 1 saturated heterocycles. The van der Waals surface area contributed by atoms with Gasteiger partial charge in [0.1, 0.15) is 0 Å². The normalized spacial score (nSPS) is 16.8. The Hall–Kier alpha value is -2.59. The summed E-state index contributed by atoms with van der Waals surface area (Å²) in [5.74, 6) is 0.290. The zero-order chi connectivity index (χ0) is 18.1. The summed E-state index contributed by atoms with van der Waals surface area (Å²) in [6, 6.07) is 17.8. The average molecular weight is 348 g/mol. The van der Waals surface area contributed by atoms with Crippen LogP contribution in [-0.4, -0.2) is 34.0 Å². The van der Waals surface area contributed by atoms with Crippen LogP contribution in [0.1, 0.15) is 40.6 Å². The Morgan fingerprint density at radius 2 is 1.73 bits per heavy atom. The van der Waals surface area contributed by atoms with E-state index >= 15 is 0 Å². The third-order valence-corrected chi connectivity index (χ3v) is 5.52. The molecule has 1 fully saturated rings. The Balaban J connectivity index is 1.48. The Morgan fingerprint density at radius 3 is 2.46 bits per heavy atom. The molecule has 3 aromatic rings. The molecule has 2 heterocycles. The van der Waals surface area contributed by atoms with Gasteiger partial charge in [-0.05, 0) is 37.3 Å². The predicted molar refractivity (Wildman–Crippen MR) is 103 cm³/mol. The Bertz CT molecular complexity index is 908. The summed E-state index contributed by atoms with van der Waals surface area (Å²) in [6.07, 6.45) is 1.19. The van der Waals surface area contributed by atoms with Crippen molar-refractivity contribution in [1.29, 1.82) is 0 Å². The molecule has 0 bridgehead atoms. The maximum atomic E-state index is 13.1. The van der Waals surface area contributed by atoms with Crippen LogP contribution in [-0.2, 0) is 0 Å². The number of aliphatic hydroxyl groups excluding tert-OH is 1. The van der Waals surface area contributed by atoms with E-state index in [1.807, 2.05) is 66.4 Å². The zero-order valence-electron chi connectivity index (χ0n) is 15.0. The van der Waals surface area contributed by atoms with Crippen molar-refractivity contribution in [2.45, 2.75) is 25.9 Å². The maximum absolute atomic E-state index is 13.1. The van der Waals surface area contributed by atoms with Crippen LogP contribution < -0.4 is 0 Å². The highest BCUT2D eigenvalue weighted by Crippen LogP contribution is 2.32. The number of carbonyl (C=O) groups excluding carboxylic acids is 1. The van der Waals surface area contributed by atoms with Gasteiger partial charge in [-0.2, -0.15) is 0 Å². The number of aryl methyl sites for hydroxylation is 1. The molecule has 2 aromatic carbocycles. The number of aromatic amines is 1. The number of aliphatic hydroxyl groups is 1. The number of benzene rings is 2. The van der Waals surface area contributed by atoms with Crippen molar-refractivity contribution >= 4 is 16.8 Å². The molecule has 1 amide bonds. The molecule has 4 heteroatoms. The van der Waals surface area contributed by atoms with Crippen LogP contribution in [0.5, 0.6) is 0 Å². The van der Waals surface area contributed by atoms with Crippen LogP contribution in [0.3, 0.4) is 0 Å². The van der Waals surface area contributed by atoms with E-state index in [0.717, 1.165) is 40.6 Å². The molecule has 4 nitrogen and oxygen atoms in total. The Kier molecular flexibility index (Phi) is 4.51. The van der Waals surface area contributed by atoms with Gasteiger partial charge in [-0.1, -0.05) is 48.5 Å². The summed E-state index contributed by atoms with van der Waals surface area (Å²) in [5, 5.41) is 11.6. The Morgan fingerprint density at radius 1 is 1.08 bits per heavy atom. The van der Waals surface area contributed by atoms with E-state index in [0.29, 0.717) is 13.1 Å². The van der Waals surface area contributed by atoms with Crippen LogP contribution in [0.25, 0.3) is 10.9 Å². The molecular formula is C22H24N2O2. The summed E-state index contributed by atoms with van der Waals surface area (Å²) in [5.41, 5.74) is 3.66. The van der Waals surface area contributed by atoms with Crippen LogP contribution in [0.15, 0.2) is 54.6 Å². The van der Waals surface area contributed by atoms with Crippen LogP contribution >= 0.6 is 0 Å². The van der Waals surface area contributed by atoms with Crippen LogP contribution in [0.2, 0.25) is 0 Å². The van der Waals surface area contributed by atoms with E-state index in [1.165, 1.54) is 0 Å². The van der Waals surface area contributed by atoms with Crippen molar-refractivity contribution < 1.29 is 9.90 Å². The summed E-state index contributed by atoms with van der Waals surface area (Å²) >= 11 is 0. The minimum absolute atomic E-state index is 0.0904. The molecule has 134 valence electrons. The highest BCUT2D eigenvalue weighted by atomic mass is 16.3. The quantitative estimate of drug-likeness (QED) is 0.750. The first kappa shape index (κ1) is 16.9. The molecule has 0 spiro atoms. The van der Waals surface area contributed by atoms with Crippen molar-refractivity contribution in [3.8, 4) is 0 Å². The molecule has 1 aliphatic rings. The first-order chi connectivity index (χ1) is 12.6. The van der Waals surface area contributed by atoms with E-state index in [4.69, 9.17) is 0 Å². The van der Waals surface area contributed by atoms with Crippen molar-refractivity contribution in [2.75, 3.05) is 13.1 Å². The second-order valence-corrected chi connectivity index (χ2v) is 7.16. The summed E-state index contributed by atoms with van der Waals surface area (Å²) in [7, 11) is 0. The molecule has 1 aromatic heterocycles. The third-order valence-electron chi connectivity index (χ3n) is 5.52. The fraction of sp³-hybridized carbons (Fsp3) is 0.318. The molecule has 2 N–H and O–H groups in total. The zero-order valence-corrected chi connectivity index (χ0v) is 15.0. The van der Waals surface area contributed by atoms with Crippen LogP contribution in [0.4, 0.5) is 0 Å². The standard InChI is InChI=1S/C22H24N2O2/c1-15-20(18-9-5-6-10-19(18)23-15)22(26)24-13-11-17(12-14-24)21(25)16-7-3-2-4-8-16/h2-10,17,21,23,25H,11-14H2,1H3. The number of aromatic nitrogens is 1. The minimum Gasteiger partial charge on any atom is -0.388 e. The fourth-order valence-electron chi connectivity index (χ4n) is 4.05. The van der Waals surface area contributed by atoms with Gasteiger partial charge >= 0.3 is 0 Å². The Labute approximate surface area is 153 Å². The largest absolute Gasteiger partial charge is 0.388 e. The number of rotatable bonds is 3. The summed E-state index contributed by atoms with van der Waals surface area (Å²) < 4.78 is 0. The minimum atomic E-state index is -0.455. The molecular weight excluding hydrogens is 324 g/mol. The monoisotopic (exact) mass is 348 g/mol. The lowest BCUT2D eigenvalue weighted by Gasteiger charge is -2.34. The molecule has 4 rings (SSSR count). The number of hydrogen-bond donors (Lipinski definition) is 2. The number of para-hydroxylation sites is 1. The van der Waals surface area contributed by atoms with E-state index in [-0.39, 0.29) is 11.8 Å². The van der Waals surface area contributed by atoms with Gasteiger partial charge in [-0.3, -0.25) is 4.79 Å². The van der Waals surface area contributed by atoms with Crippen molar-refractivity contribution in [3.05, 3.63) is 71.4 Å². The molecule has 0 saturated carbocycles. The van der Waals surface area contributed by atoms with E-state index in [2.05, 4.69) is 4.98 Å². The molecule has 0 radical (unpaired) electrons. The van der Waals surface area contributed by atoms with Crippen molar-refractivity contribution in [2.24, 2.45) is 5.92 Å². The highest BCUT2D eigenvalue weighted by molar-refractivity contribution is 6.08. The van der Waals surface area contributed by atoms with Gasteiger partial charge in [0.15, 0.2) is 0 Å². The second kappa shape index (κ2) is 6.96. The number of piperidine rings is 1. The first-order valence-electron chi connectivity index (χ1n) is 9.24. The summed E-state index contributed by atoms with van der Waals surface area (Å²) in [6.45, 7) is 3.33. The first-order valence-corrected chi connectivity index (χ1v) is 9.24. The topological polar surface area (TPSA) is 56.3 Å². The lowest BCUT2D eigenvalue weighted by molar-refractivity contribution is 0.0463. The average Bonchev–Trinajstić information content (AvgIpc) is 3.03. The van der Waals surface area contributed by atoms with Gasteiger partial charge in [-0.15, -0.1) is 0 Å². The second-order valence-electron chi connectivity index (χ2n) is 7.16. The SMILES string of the molecule is Cc1[nH]c2ccccc2c1C(=O)N1CCC(C(O)c2ccccc2)CC1. The fourth-order valence-corrected chi connectivity index (χ4v) is 4.05. The van der Waals surface area contributed by atoms with Crippen molar-refractivity contribution in [3.63, 3.8) is 0 Å². The number of likely N-dealkylation sites (tertiary alicyclic amines) is 1. The lowest BCUT2D eigenvalue weighted by Crippen LogP contribution is -2.40.